The number of hydrogen-bond acceptors (Lipinski definition) is 5. The van der Waals surface area contributed by atoms with Crippen molar-refractivity contribution in [3.05, 3.63) is 52.2 Å². The van der Waals surface area contributed by atoms with Crippen molar-refractivity contribution in [2.75, 3.05) is 31.6 Å². The quantitative estimate of drug-likeness (QED) is 0.463. The molecule has 1 heterocycles. The summed E-state index contributed by atoms with van der Waals surface area (Å²) in [6.07, 6.45) is 1.55. The van der Waals surface area contributed by atoms with E-state index in [4.69, 9.17) is 4.74 Å². The van der Waals surface area contributed by atoms with Crippen molar-refractivity contribution in [1.29, 1.82) is 0 Å². The van der Waals surface area contributed by atoms with Crippen LogP contribution in [0.25, 0.3) is 0 Å². The molecule has 0 atom stereocenters. The van der Waals surface area contributed by atoms with E-state index in [1.165, 1.54) is 11.3 Å². The third-order valence-corrected chi connectivity index (χ3v) is 4.70. The Hall–Kier alpha value is -2.71. The Morgan fingerprint density at radius 3 is 2.48 bits per heavy atom. The molecule has 1 aromatic heterocycles. The van der Waals surface area contributed by atoms with Gasteiger partial charge in [0, 0.05) is 54.9 Å². The molecule has 156 valence electrons. The normalized spacial score (nSPS) is 10.4. The van der Waals surface area contributed by atoms with Crippen LogP contribution in [0.3, 0.4) is 0 Å². The standard InChI is InChI=1S/C21H27N3O4S/c1-2-28-12-5-11-23-20(26)16-6-3-7-18(14-16)24-19(25)8-4-10-22-21(27)17-9-13-29-15-17/h3,6-7,9,13-15H,2,4-5,8,10-12H2,1H3,(H,22,27)(H,23,26)(H,24,25). The highest BCUT2D eigenvalue weighted by Gasteiger charge is 2.09. The van der Waals surface area contributed by atoms with Gasteiger partial charge in [0.05, 0.1) is 0 Å². The first-order chi connectivity index (χ1) is 14.1. The lowest BCUT2D eigenvalue weighted by Crippen LogP contribution is -2.25. The minimum atomic E-state index is -0.186. The maximum absolute atomic E-state index is 12.2. The van der Waals surface area contributed by atoms with Gasteiger partial charge in [0.15, 0.2) is 0 Å². The number of benzene rings is 1. The molecular weight excluding hydrogens is 390 g/mol. The zero-order valence-electron chi connectivity index (χ0n) is 16.5. The SMILES string of the molecule is CCOCCCNC(=O)c1cccc(NC(=O)CCCNC(=O)c2ccsc2)c1. The molecule has 0 saturated heterocycles. The lowest BCUT2D eigenvalue weighted by Gasteiger charge is -2.09. The number of anilines is 1. The summed E-state index contributed by atoms with van der Waals surface area (Å²) in [6, 6.07) is 8.57. The first-order valence-corrected chi connectivity index (χ1v) is 10.6. The smallest absolute Gasteiger partial charge is 0.252 e. The molecule has 0 saturated carbocycles. The van der Waals surface area contributed by atoms with Crippen LogP contribution in [0.5, 0.6) is 0 Å². The van der Waals surface area contributed by atoms with Crippen molar-refractivity contribution in [1.82, 2.24) is 10.6 Å². The number of hydrogen-bond donors (Lipinski definition) is 3. The molecule has 0 aliphatic rings. The summed E-state index contributed by atoms with van der Waals surface area (Å²) in [5.74, 6) is -0.482. The van der Waals surface area contributed by atoms with Gasteiger partial charge in [0.25, 0.3) is 11.8 Å². The van der Waals surface area contributed by atoms with E-state index >= 15 is 0 Å². The van der Waals surface area contributed by atoms with Gasteiger partial charge in [0.1, 0.15) is 0 Å². The third-order valence-electron chi connectivity index (χ3n) is 4.01. The molecule has 3 N–H and O–H groups in total. The van der Waals surface area contributed by atoms with E-state index < -0.39 is 0 Å². The molecule has 0 aliphatic heterocycles. The van der Waals surface area contributed by atoms with E-state index in [9.17, 15) is 14.4 Å². The van der Waals surface area contributed by atoms with Crippen LogP contribution in [0.15, 0.2) is 41.1 Å². The fourth-order valence-corrected chi connectivity index (χ4v) is 3.17. The van der Waals surface area contributed by atoms with Gasteiger partial charge in [0.2, 0.25) is 5.91 Å². The Kier molecular flexibility index (Phi) is 9.88. The highest BCUT2D eigenvalue weighted by molar-refractivity contribution is 7.08. The largest absolute Gasteiger partial charge is 0.382 e. The number of ether oxygens (including phenoxy) is 1. The van der Waals surface area contributed by atoms with E-state index in [2.05, 4.69) is 16.0 Å². The molecular formula is C21H27N3O4S. The zero-order chi connectivity index (χ0) is 20.9. The Morgan fingerprint density at radius 1 is 1.00 bits per heavy atom. The summed E-state index contributed by atoms with van der Waals surface area (Å²) in [5, 5.41) is 12.0. The molecule has 0 spiro atoms. The number of nitrogens with one attached hydrogen (secondary N) is 3. The summed E-state index contributed by atoms with van der Waals surface area (Å²) in [5.41, 5.74) is 1.69. The van der Waals surface area contributed by atoms with E-state index in [1.807, 2.05) is 12.3 Å². The van der Waals surface area contributed by atoms with Crippen LogP contribution in [0.2, 0.25) is 0 Å². The average Bonchev–Trinajstić information content (AvgIpc) is 3.26. The molecule has 8 heteroatoms. The molecule has 2 aromatic rings. The van der Waals surface area contributed by atoms with Gasteiger partial charge >= 0.3 is 0 Å². The van der Waals surface area contributed by atoms with Crippen LogP contribution in [-0.4, -0.2) is 44.0 Å². The number of carbonyl (C=O) groups is 3. The van der Waals surface area contributed by atoms with Crippen LogP contribution in [-0.2, 0) is 9.53 Å². The van der Waals surface area contributed by atoms with Crippen molar-refractivity contribution in [3.63, 3.8) is 0 Å². The van der Waals surface area contributed by atoms with Gasteiger partial charge in [-0.15, -0.1) is 0 Å². The molecule has 1 aromatic carbocycles. The molecule has 29 heavy (non-hydrogen) atoms. The van der Waals surface area contributed by atoms with Crippen LogP contribution >= 0.6 is 11.3 Å². The van der Waals surface area contributed by atoms with Gasteiger partial charge < -0.3 is 20.7 Å². The average molecular weight is 418 g/mol. The molecule has 3 amide bonds. The monoisotopic (exact) mass is 417 g/mol. The van der Waals surface area contributed by atoms with Crippen molar-refractivity contribution >= 4 is 34.7 Å². The van der Waals surface area contributed by atoms with Crippen molar-refractivity contribution < 1.29 is 19.1 Å². The topological polar surface area (TPSA) is 96.5 Å². The maximum Gasteiger partial charge on any atom is 0.252 e. The van der Waals surface area contributed by atoms with Gasteiger partial charge in [-0.05, 0) is 49.4 Å². The maximum atomic E-state index is 12.2. The van der Waals surface area contributed by atoms with Crippen molar-refractivity contribution in [2.24, 2.45) is 0 Å². The van der Waals surface area contributed by atoms with Crippen molar-refractivity contribution in [3.8, 4) is 0 Å². The third kappa shape index (κ3) is 8.45. The summed E-state index contributed by atoms with van der Waals surface area (Å²) < 4.78 is 5.23. The fourth-order valence-electron chi connectivity index (χ4n) is 2.53. The molecule has 7 nitrogen and oxygen atoms in total. The predicted molar refractivity (Wildman–Crippen MR) is 114 cm³/mol. The summed E-state index contributed by atoms with van der Waals surface area (Å²) in [7, 11) is 0. The van der Waals surface area contributed by atoms with Gasteiger partial charge in [-0.2, -0.15) is 11.3 Å². The highest BCUT2D eigenvalue weighted by atomic mass is 32.1. The lowest BCUT2D eigenvalue weighted by atomic mass is 10.1. The Bertz CT molecular complexity index is 793. The summed E-state index contributed by atoms with van der Waals surface area (Å²) in [4.78, 5) is 36.1. The molecule has 0 radical (unpaired) electrons. The minimum absolute atomic E-state index is 0.133. The number of rotatable bonds is 12. The molecule has 0 fully saturated rings. The number of thiophene rings is 1. The van der Waals surface area contributed by atoms with Crippen LogP contribution in [0.4, 0.5) is 5.69 Å². The zero-order valence-corrected chi connectivity index (χ0v) is 17.3. The van der Waals surface area contributed by atoms with E-state index in [-0.39, 0.29) is 24.1 Å². The Labute approximate surface area is 174 Å². The first-order valence-electron chi connectivity index (χ1n) is 9.66. The Balaban J connectivity index is 1.69. The van der Waals surface area contributed by atoms with Gasteiger partial charge in [-0.1, -0.05) is 6.07 Å². The van der Waals surface area contributed by atoms with Gasteiger partial charge in [-0.25, -0.2) is 0 Å². The number of amides is 3. The second kappa shape index (κ2) is 12.7. The second-order valence-electron chi connectivity index (χ2n) is 6.31. The van der Waals surface area contributed by atoms with E-state index in [0.717, 1.165) is 6.42 Å². The summed E-state index contributed by atoms with van der Waals surface area (Å²) in [6.45, 7) is 4.16. The van der Waals surface area contributed by atoms with Crippen LogP contribution < -0.4 is 16.0 Å². The first kappa shape index (κ1) is 22.6. The molecule has 0 aliphatic carbocycles. The molecule has 2 rings (SSSR count). The Morgan fingerprint density at radius 2 is 1.76 bits per heavy atom. The lowest BCUT2D eigenvalue weighted by molar-refractivity contribution is -0.116. The number of carbonyl (C=O) groups excluding carboxylic acids is 3. The second-order valence-corrected chi connectivity index (χ2v) is 7.09. The highest BCUT2D eigenvalue weighted by Crippen LogP contribution is 2.11. The predicted octanol–water partition coefficient (Wildman–Crippen LogP) is 3.05. The van der Waals surface area contributed by atoms with Crippen LogP contribution in [0, 0.1) is 0 Å². The molecule has 0 bridgehead atoms. The fraction of sp³-hybridized carbons (Fsp3) is 0.381. The van der Waals surface area contributed by atoms with Crippen LogP contribution in [0.1, 0.15) is 46.9 Å². The van der Waals surface area contributed by atoms with Gasteiger partial charge in [-0.3, -0.25) is 14.4 Å². The minimum Gasteiger partial charge on any atom is -0.382 e. The summed E-state index contributed by atoms with van der Waals surface area (Å²) >= 11 is 1.46. The van der Waals surface area contributed by atoms with E-state index in [0.29, 0.717) is 49.5 Å². The van der Waals surface area contributed by atoms with E-state index in [1.54, 1.807) is 35.7 Å². The van der Waals surface area contributed by atoms with Crippen molar-refractivity contribution in [2.45, 2.75) is 26.2 Å². The molecule has 0 unspecified atom stereocenters.